The SMILES string of the molecule is O=C(c1ccccc1)c1ccccc1NC(Cc1ccc(OCCCN(CC2CCCC2)c2ccccc2F)cc1)C(=O)O. The van der Waals surface area contributed by atoms with Crippen LogP contribution in [0.3, 0.4) is 0 Å². The van der Waals surface area contributed by atoms with Crippen LogP contribution in [0.4, 0.5) is 15.8 Å². The summed E-state index contributed by atoms with van der Waals surface area (Å²) in [6.45, 7) is 2.05. The van der Waals surface area contributed by atoms with Crippen molar-refractivity contribution in [3.05, 3.63) is 126 Å². The van der Waals surface area contributed by atoms with Gasteiger partial charge in [0.1, 0.15) is 17.6 Å². The molecule has 1 saturated carbocycles. The molecule has 0 aliphatic heterocycles. The Labute approximate surface area is 258 Å². The van der Waals surface area contributed by atoms with Gasteiger partial charge in [0, 0.05) is 36.3 Å². The predicted molar refractivity (Wildman–Crippen MR) is 172 cm³/mol. The van der Waals surface area contributed by atoms with Gasteiger partial charge in [0.05, 0.1) is 12.3 Å². The van der Waals surface area contributed by atoms with E-state index in [0.29, 0.717) is 47.3 Å². The van der Waals surface area contributed by atoms with Gasteiger partial charge in [-0.05, 0) is 67.1 Å². The first-order valence-corrected chi connectivity index (χ1v) is 15.4. The Morgan fingerprint density at radius 1 is 0.886 bits per heavy atom. The quantitative estimate of drug-likeness (QED) is 0.109. The van der Waals surface area contributed by atoms with E-state index in [1.807, 2.05) is 42.5 Å². The second-order valence-electron chi connectivity index (χ2n) is 11.4. The number of nitrogens with one attached hydrogen (secondary N) is 1. The number of carbonyl (C=O) groups excluding carboxylic acids is 1. The molecule has 1 atom stereocenters. The van der Waals surface area contributed by atoms with Gasteiger partial charge in [-0.1, -0.05) is 79.6 Å². The van der Waals surface area contributed by atoms with Crippen molar-refractivity contribution in [3.63, 3.8) is 0 Å². The molecule has 0 spiro atoms. The molecule has 0 saturated heterocycles. The molecule has 5 rings (SSSR count). The summed E-state index contributed by atoms with van der Waals surface area (Å²) in [4.78, 5) is 27.4. The van der Waals surface area contributed by atoms with Crippen LogP contribution < -0.4 is 15.0 Å². The Hall–Kier alpha value is -4.65. The fourth-order valence-corrected chi connectivity index (χ4v) is 5.87. The zero-order valence-electron chi connectivity index (χ0n) is 24.8. The molecule has 2 N–H and O–H groups in total. The van der Waals surface area contributed by atoms with Crippen molar-refractivity contribution in [1.29, 1.82) is 0 Å². The summed E-state index contributed by atoms with van der Waals surface area (Å²) in [6, 6.07) is 29.3. The summed E-state index contributed by atoms with van der Waals surface area (Å²) in [5.74, 6) is -0.0766. The second-order valence-corrected chi connectivity index (χ2v) is 11.4. The largest absolute Gasteiger partial charge is 0.494 e. The van der Waals surface area contributed by atoms with Crippen LogP contribution in [0.2, 0.25) is 0 Å². The van der Waals surface area contributed by atoms with E-state index in [0.717, 1.165) is 18.5 Å². The first-order chi connectivity index (χ1) is 21.5. The van der Waals surface area contributed by atoms with Gasteiger partial charge >= 0.3 is 5.97 Å². The average molecular weight is 595 g/mol. The molecule has 4 aromatic rings. The lowest BCUT2D eigenvalue weighted by Gasteiger charge is -2.28. The van der Waals surface area contributed by atoms with Gasteiger partial charge in [-0.15, -0.1) is 0 Å². The van der Waals surface area contributed by atoms with Gasteiger partial charge in [0.2, 0.25) is 0 Å². The molecule has 0 bridgehead atoms. The summed E-state index contributed by atoms with van der Waals surface area (Å²) in [6.07, 6.45) is 5.87. The molecule has 228 valence electrons. The summed E-state index contributed by atoms with van der Waals surface area (Å²) < 4.78 is 20.6. The van der Waals surface area contributed by atoms with Crippen LogP contribution in [-0.4, -0.2) is 42.6 Å². The van der Waals surface area contributed by atoms with Crippen LogP contribution in [0.15, 0.2) is 103 Å². The zero-order valence-corrected chi connectivity index (χ0v) is 24.8. The van der Waals surface area contributed by atoms with E-state index in [1.54, 1.807) is 54.6 Å². The maximum absolute atomic E-state index is 14.6. The summed E-state index contributed by atoms with van der Waals surface area (Å²) in [5.41, 5.74) is 2.92. The summed E-state index contributed by atoms with van der Waals surface area (Å²) >= 11 is 0. The third kappa shape index (κ3) is 8.25. The lowest BCUT2D eigenvalue weighted by molar-refractivity contribution is -0.137. The molecule has 44 heavy (non-hydrogen) atoms. The van der Waals surface area contributed by atoms with Crippen molar-refractivity contribution in [1.82, 2.24) is 0 Å². The summed E-state index contributed by atoms with van der Waals surface area (Å²) in [7, 11) is 0. The number of para-hydroxylation sites is 2. The van der Waals surface area contributed by atoms with Crippen molar-refractivity contribution < 1.29 is 23.8 Å². The molecule has 0 amide bonds. The number of benzene rings is 4. The Kier molecular flexibility index (Phi) is 10.6. The number of anilines is 2. The average Bonchev–Trinajstić information content (AvgIpc) is 3.57. The number of carboxylic acid groups (broad SMARTS) is 1. The molecule has 1 unspecified atom stereocenters. The highest BCUT2D eigenvalue weighted by atomic mass is 19.1. The van der Waals surface area contributed by atoms with Crippen molar-refractivity contribution in [2.45, 2.75) is 44.6 Å². The minimum absolute atomic E-state index is 0.171. The van der Waals surface area contributed by atoms with Crippen LogP contribution in [0, 0.1) is 11.7 Å². The highest BCUT2D eigenvalue weighted by molar-refractivity contribution is 6.12. The Bertz CT molecular complexity index is 1520. The minimum Gasteiger partial charge on any atom is -0.494 e. The fraction of sp³-hybridized carbons (Fsp3) is 0.297. The second kappa shape index (κ2) is 15.2. The number of aliphatic carboxylic acids is 1. The molecule has 0 heterocycles. The van der Waals surface area contributed by atoms with Gasteiger partial charge in [0.25, 0.3) is 0 Å². The molecule has 0 radical (unpaired) electrons. The maximum atomic E-state index is 14.6. The third-order valence-electron chi connectivity index (χ3n) is 8.19. The molecule has 1 fully saturated rings. The molecule has 0 aromatic heterocycles. The lowest BCUT2D eigenvalue weighted by atomic mass is 10.00. The molecule has 4 aromatic carbocycles. The molecule has 1 aliphatic rings. The predicted octanol–water partition coefficient (Wildman–Crippen LogP) is 7.63. The van der Waals surface area contributed by atoms with Crippen molar-refractivity contribution in [3.8, 4) is 5.75 Å². The Morgan fingerprint density at radius 2 is 1.57 bits per heavy atom. The number of hydrogen-bond donors (Lipinski definition) is 2. The van der Waals surface area contributed by atoms with Crippen LogP contribution in [0.5, 0.6) is 5.75 Å². The monoisotopic (exact) mass is 594 g/mol. The van der Waals surface area contributed by atoms with Crippen molar-refractivity contribution in [2.24, 2.45) is 5.92 Å². The standard InChI is InChI=1S/C37H39FN2O4/c38-32-16-7-9-18-35(32)40(26-28-11-4-5-12-28)23-10-24-44-30-21-19-27(20-22-30)25-34(37(42)43)39-33-17-8-6-15-31(33)36(41)29-13-2-1-3-14-29/h1-3,6-9,13-22,28,34,39H,4-5,10-12,23-26H2,(H,42,43). The summed E-state index contributed by atoms with van der Waals surface area (Å²) in [5, 5.41) is 13.0. The molecule has 6 nitrogen and oxygen atoms in total. The van der Waals surface area contributed by atoms with Gasteiger partial charge in [-0.3, -0.25) is 4.79 Å². The molecular weight excluding hydrogens is 555 g/mol. The van der Waals surface area contributed by atoms with Gasteiger partial charge in [-0.2, -0.15) is 0 Å². The first-order valence-electron chi connectivity index (χ1n) is 15.4. The number of rotatable bonds is 15. The Morgan fingerprint density at radius 3 is 2.30 bits per heavy atom. The minimum atomic E-state index is -1.01. The van der Waals surface area contributed by atoms with Gasteiger partial charge in [0.15, 0.2) is 5.78 Å². The highest BCUT2D eigenvalue weighted by Crippen LogP contribution is 2.29. The fourth-order valence-electron chi connectivity index (χ4n) is 5.87. The van der Waals surface area contributed by atoms with Gasteiger partial charge < -0.3 is 20.1 Å². The van der Waals surface area contributed by atoms with E-state index in [1.165, 1.54) is 31.7 Å². The van der Waals surface area contributed by atoms with Crippen molar-refractivity contribution >= 4 is 23.1 Å². The lowest BCUT2D eigenvalue weighted by Crippen LogP contribution is -2.32. The maximum Gasteiger partial charge on any atom is 0.326 e. The molecular formula is C37H39FN2O4. The number of ketones is 1. The van der Waals surface area contributed by atoms with Crippen LogP contribution >= 0.6 is 0 Å². The number of halogens is 1. The first kappa shape index (κ1) is 30.8. The van der Waals surface area contributed by atoms with Crippen LogP contribution in [-0.2, 0) is 11.2 Å². The van der Waals surface area contributed by atoms with Crippen LogP contribution in [0.1, 0.15) is 53.6 Å². The van der Waals surface area contributed by atoms with E-state index >= 15 is 0 Å². The van der Waals surface area contributed by atoms with E-state index in [-0.39, 0.29) is 18.0 Å². The smallest absolute Gasteiger partial charge is 0.326 e. The Balaban J connectivity index is 1.16. The number of nitrogens with zero attached hydrogens (tertiary/aromatic N) is 1. The number of ether oxygens (including phenoxy) is 1. The van der Waals surface area contributed by atoms with E-state index in [9.17, 15) is 19.1 Å². The van der Waals surface area contributed by atoms with E-state index in [4.69, 9.17) is 4.74 Å². The van der Waals surface area contributed by atoms with E-state index in [2.05, 4.69) is 10.2 Å². The zero-order chi connectivity index (χ0) is 30.7. The third-order valence-corrected chi connectivity index (χ3v) is 8.19. The molecule has 7 heteroatoms. The highest BCUT2D eigenvalue weighted by Gasteiger charge is 2.22. The number of carbonyl (C=O) groups is 2. The van der Waals surface area contributed by atoms with Crippen LogP contribution in [0.25, 0.3) is 0 Å². The normalized spacial score (nSPS) is 13.8. The number of hydrogen-bond acceptors (Lipinski definition) is 5. The van der Waals surface area contributed by atoms with Gasteiger partial charge in [-0.25, -0.2) is 9.18 Å². The molecule has 1 aliphatic carbocycles. The number of carboxylic acids is 1. The van der Waals surface area contributed by atoms with Crippen molar-refractivity contribution in [2.75, 3.05) is 29.9 Å². The van der Waals surface area contributed by atoms with E-state index < -0.39 is 12.0 Å². The topological polar surface area (TPSA) is 78.9 Å².